The lowest BCUT2D eigenvalue weighted by molar-refractivity contribution is 0.481. The van der Waals surface area contributed by atoms with E-state index in [2.05, 4.69) is 170 Å². The van der Waals surface area contributed by atoms with Crippen molar-refractivity contribution in [2.24, 2.45) is 29.6 Å². The molecule has 1 aromatic carbocycles. The molecular weight excluding hydrogens is 603 g/mol. The SMILES string of the molecule is C=C.C=C.C=C(C)C(C)C(C)C.C=C(CC[C@@H](CCC)C(=C)C)C(C)C.CC.CC.CC.CCc1ccc2ccc(/C=C/C(C)CC)cc2n1. The van der Waals surface area contributed by atoms with Crippen LogP contribution in [0, 0.1) is 29.6 Å². The van der Waals surface area contributed by atoms with Crippen molar-refractivity contribution < 1.29 is 0 Å². The van der Waals surface area contributed by atoms with Gasteiger partial charge in [-0.05, 0) is 86.8 Å². The minimum atomic E-state index is 0.627. The second-order valence-electron chi connectivity index (χ2n) is 12.4. The third-order valence-electron chi connectivity index (χ3n) is 8.14. The number of aromatic nitrogens is 1. The molecule has 0 aliphatic rings. The summed E-state index contributed by atoms with van der Waals surface area (Å²) in [5.74, 6) is 3.39. The number of pyridine rings is 1. The van der Waals surface area contributed by atoms with Gasteiger partial charge in [-0.15, -0.1) is 26.3 Å². The Hall–Kier alpha value is -2.93. The molecule has 0 N–H and O–H groups in total. The summed E-state index contributed by atoms with van der Waals surface area (Å²) in [6, 6.07) is 10.8. The van der Waals surface area contributed by atoms with E-state index in [1.807, 2.05) is 41.5 Å². The van der Waals surface area contributed by atoms with Crippen LogP contribution in [0.3, 0.4) is 0 Å². The number of hydrogen-bond acceptors (Lipinski definition) is 1. The first-order valence-electron chi connectivity index (χ1n) is 19.8. The Balaban J connectivity index is -0.000000135. The smallest absolute Gasteiger partial charge is 0.0711 e. The van der Waals surface area contributed by atoms with E-state index >= 15 is 0 Å². The molecule has 2 rings (SSSR count). The van der Waals surface area contributed by atoms with Gasteiger partial charge in [-0.2, -0.15) is 0 Å². The lowest BCUT2D eigenvalue weighted by Gasteiger charge is -2.18. The zero-order valence-electron chi connectivity index (χ0n) is 37.1. The lowest BCUT2D eigenvalue weighted by atomic mass is 9.88. The molecule has 290 valence electrons. The first kappa shape index (κ1) is 59.2. The fourth-order valence-corrected chi connectivity index (χ4v) is 4.09. The molecule has 50 heavy (non-hydrogen) atoms. The van der Waals surface area contributed by atoms with Crippen LogP contribution in [0.25, 0.3) is 17.0 Å². The minimum Gasteiger partial charge on any atom is -0.253 e. The van der Waals surface area contributed by atoms with Crippen molar-refractivity contribution in [3.8, 4) is 0 Å². The van der Waals surface area contributed by atoms with Gasteiger partial charge in [0.2, 0.25) is 0 Å². The summed E-state index contributed by atoms with van der Waals surface area (Å²) in [5, 5.41) is 1.22. The van der Waals surface area contributed by atoms with Gasteiger partial charge in [-0.25, -0.2) is 0 Å². The molecular formula is C49H89N. The quantitative estimate of drug-likeness (QED) is 0.191. The average molecular weight is 692 g/mol. The largest absolute Gasteiger partial charge is 0.253 e. The Kier molecular flexibility index (Phi) is 50.0. The van der Waals surface area contributed by atoms with Crippen LogP contribution < -0.4 is 0 Å². The van der Waals surface area contributed by atoms with E-state index < -0.39 is 0 Å². The highest BCUT2D eigenvalue weighted by molar-refractivity contribution is 5.81. The van der Waals surface area contributed by atoms with Gasteiger partial charge in [0, 0.05) is 11.1 Å². The van der Waals surface area contributed by atoms with E-state index in [1.165, 1.54) is 53.4 Å². The molecule has 0 fully saturated rings. The van der Waals surface area contributed by atoms with Gasteiger partial charge >= 0.3 is 0 Å². The molecule has 3 atom stereocenters. The maximum absolute atomic E-state index is 4.67. The molecule has 1 heteroatoms. The van der Waals surface area contributed by atoms with Crippen molar-refractivity contribution in [1.82, 2.24) is 4.98 Å². The standard InChI is InChI=1S/C17H21N.C14H26.C8H16.3C2H6.2C2H4/c1-4-13(3)6-7-14-8-9-15-10-11-16(5-2)18-17(15)12-14;1-7-8-14(12(4)5)10-9-13(6)11(2)3;1-6(2)8(5)7(3)4;5*1-2/h6-13H,4-5H2,1-3H3;11,14H,4,6-10H2,1-3,5H3;7-8H,1H2,2-5H3;3*1-2H3;2*1-2H2/b7-6+;;;;;;;/t;14-;;;;;;/m.1....../s1. The summed E-state index contributed by atoms with van der Waals surface area (Å²) < 4.78 is 0. The van der Waals surface area contributed by atoms with Crippen LogP contribution in [0.1, 0.15) is 161 Å². The third-order valence-corrected chi connectivity index (χ3v) is 8.14. The average Bonchev–Trinajstić information content (AvgIpc) is 3.15. The van der Waals surface area contributed by atoms with Crippen molar-refractivity contribution in [3.05, 3.63) is 110 Å². The molecule has 2 aromatic rings. The van der Waals surface area contributed by atoms with E-state index in [1.54, 1.807) is 0 Å². The summed E-state index contributed by atoms with van der Waals surface area (Å²) >= 11 is 0. The van der Waals surface area contributed by atoms with Crippen molar-refractivity contribution >= 4 is 17.0 Å². The molecule has 0 spiro atoms. The predicted molar refractivity (Wildman–Crippen MR) is 241 cm³/mol. The van der Waals surface area contributed by atoms with Crippen molar-refractivity contribution in [2.75, 3.05) is 0 Å². The zero-order valence-corrected chi connectivity index (χ0v) is 37.1. The fourth-order valence-electron chi connectivity index (χ4n) is 4.09. The second kappa shape index (κ2) is 42.2. The highest BCUT2D eigenvalue weighted by atomic mass is 14.7. The van der Waals surface area contributed by atoms with Crippen molar-refractivity contribution in [2.45, 2.75) is 156 Å². The highest BCUT2D eigenvalue weighted by Crippen LogP contribution is 2.25. The summed E-state index contributed by atoms with van der Waals surface area (Å²) in [6.07, 6.45) is 11.6. The molecule has 0 saturated heterocycles. The molecule has 0 amide bonds. The van der Waals surface area contributed by atoms with Gasteiger partial charge in [0.15, 0.2) is 0 Å². The number of hydrogen-bond donors (Lipinski definition) is 0. The van der Waals surface area contributed by atoms with Gasteiger partial charge in [0.1, 0.15) is 0 Å². The van der Waals surface area contributed by atoms with Gasteiger partial charge in [0.25, 0.3) is 0 Å². The maximum atomic E-state index is 4.67. The number of nitrogens with zero attached hydrogens (tertiary/aromatic N) is 1. The molecule has 0 radical (unpaired) electrons. The molecule has 0 aliphatic carbocycles. The van der Waals surface area contributed by atoms with E-state index in [0.29, 0.717) is 23.7 Å². The van der Waals surface area contributed by atoms with E-state index in [9.17, 15) is 0 Å². The second-order valence-corrected chi connectivity index (χ2v) is 12.4. The molecule has 1 heterocycles. The van der Waals surface area contributed by atoms with Gasteiger partial charge in [-0.1, -0.05) is 184 Å². The summed E-state index contributed by atoms with van der Waals surface area (Å²) in [7, 11) is 0. The summed E-state index contributed by atoms with van der Waals surface area (Å²) in [4.78, 5) is 4.67. The van der Waals surface area contributed by atoms with Crippen LogP contribution >= 0.6 is 0 Å². The Morgan fingerprint density at radius 2 is 1.22 bits per heavy atom. The van der Waals surface area contributed by atoms with Gasteiger partial charge in [-0.3, -0.25) is 4.98 Å². The first-order chi connectivity index (χ1) is 23.8. The van der Waals surface area contributed by atoms with Gasteiger partial charge in [0.05, 0.1) is 5.52 Å². The number of allylic oxidation sites excluding steroid dienone is 4. The van der Waals surface area contributed by atoms with E-state index in [4.69, 9.17) is 0 Å². The molecule has 0 saturated carbocycles. The number of rotatable bonds is 13. The Morgan fingerprint density at radius 1 is 0.720 bits per heavy atom. The van der Waals surface area contributed by atoms with Crippen LogP contribution in [-0.4, -0.2) is 4.98 Å². The predicted octanol–water partition coefficient (Wildman–Crippen LogP) is 17.4. The van der Waals surface area contributed by atoms with Crippen molar-refractivity contribution in [3.63, 3.8) is 0 Å². The van der Waals surface area contributed by atoms with Crippen LogP contribution in [0.2, 0.25) is 0 Å². The third kappa shape index (κ3) is 32.3. The van der Waals surface area contributed by atoms with E-state index in [0.717, 1.165) is 30.0 Å². The Bertz CT molecular complexity index is 1080. The molecule has 1 nitrogen and oxygen atoms in total. The summed E-state index contributed by atoms with van der Waals surface area (Å²) in [6.45, 7) is 60.2. The van der Waals surface area contributed by atoms with Crippen LogP contribution in [0.15, 0.2) is 99.2 Å². The van der Waals surface area contributed by atoms with Crippen molar-refractivity contribution in [1.29, 1.82) is 0 Å². The highest BCUT2D eigenvalue weighted by Gasteiger charge is 2.10. The van der Waals surface area contributed by atoms with Crippen LogP contribution in [-0.2, 0) is 6.42 Å². The molecule has 0 aliphatic heterocycles. The fraction of sp³-hybridized carbons (Fsp3) is 0.571. The zero-order chi connectivity index (χ0) is 40.8. The molecule has 1 aromatic heterocycles. The monoisotopic (exact) mass is 692 g/mol. The van der Waals surface area contributed by atoms with Crippen LogP contribution in [0.5, 0.6) is 0 Å². The first-order valence-corrected chi connectivity index (χ1v) is 19.8. The lowest BCUT2D eigenvalue weighted by Crippen LogP contribution is -2.03. The normalized spacial score (nSPS) is 11.2. The number of fused-ring (bicyclic) bond motifs is 1. The molecule has 0 bridgehead atoms. The summed E-state index contributed by atoms with van der Waals surface area (Å²) in [5.41, 5.74) is 7.51. The number of benzene rings is 1. The number of aryl methyl sites for hydroxylation is 1. The molecule has 2 unspecified atom stereocenters. The van der Waals surface area contributed by atoms with Gasteiger partial charge < -0.3 is 0 Å². The Morgan fingerprint density at radius 3 is 1.58 bits per heavy atom. The minimum absolute atomic E-state index is 0.627. The van der Waals surface area contributed by atoms with Crippen LogP contribution in [0.4, 0.5) is 0 Å². The Labute approximate surface area is 317 Å². The van der Waals surface area contributed by atoms with E-state index in [-0.39, 0.29) is 0 Å². The maximum Gasteiger partial charge on any atom is 0.0711 e. The topological polar surface area (TPSA) is 12.9 Å².